The van der Waals surface area contributed by atoms with Crippen LogP contribution in [0.25, 0.3) is 0 Å². The molecule has 0 amide bonds. The van der Waals surface area contributed by atoms with Crippen LogP contribution >= 0.6 is 0 Å². The molecule has 0 fully saturated rings. The molecule has 0 spiro atoms. The number of halogens is 1. The molecule has 25 heavy (non-hydrogen) atoms. The van der Waals surface area contributed by atoms with Crippen LogP contribution in [0, 0.1) is 5.82 Å². The average molecular weight is 339 g/mol. The molecule has 6 nitrogen and oxygen atoms in total. The number of ether oxygens (including phenoxy) is 1. The van der Waals surface area contributed by atoms with E-state index < -0.39 is 0 Å². The van der Waals surface area contributed by atoms with Crippen molar-refractivity contribution in [3.8, 4) is 5.75 Å². The number of aromatic nitrogens is 2. The molecule has 4 N–H and O–H groups in total. The SMILES string of the molecule is COc1ccc(CNc2ncnc(Nc3ccc(F)cc3)c2N)cc1. The maximum atomic E-state index is 13.0. The van der Waals surface area contributed by atoms with Gasteiger partial charge in [-0.15, -0.1) is 0 Å². The van der Waals surface area contributed by atoms with Gasteiger partial charge in [-0.3, -0.25) is 0 Å². The summed E-state index contributed by atoms with van der Waals surface area (Å²) >= 11 is 0. The maximum Gasteiger partial charge on any atom is 0.159 e. The molecular formula is C18H18FN5O. The first-order chi connectivity index (χ1) is 12.2. The molecule has 0 saturated carbocycles. The predicted octanol–water partition coefficient (Wildman–Crippen LogP) is 3.56. The molecule has 0 aliphatic rings. The fraction of sp³-hybridized carbons (Fsp3) is 0.111. The lowest BCUT2D eigenvalue weighted by atomic mass is 10.2. The van der Waals surface area contributed by atoms with Gasteiger partial charge in [-0.1, -0.05) is 12.1 Å². The number of benzene rings is 2. The number of nitrogens with two attached hydrogens (primary N) is 1. The second kappa shape index (κ2) is 7.48. The van der Waals surface area contributed by atoms with E-state index in [1.54, 1.807) is 19.2 Å². The quantitative estimate of drug-likeness (QED) is 0.637. The summed E-state index contributed by atoms with van der Waals surface area (Å²) in [6.45, 7) is 0.557. The van der Waals surface area contributed by atoms with Gasteiger partial charge in [0.2, 0.25) is 0 Å². The van der Waals surface area contributed by atoms with E-state index >= 15 is 0 Å². The molecule has 0 atom stereocenters. The molecule has 3 aromatic rings. The van der Waals surface area contributed by atoms with E-state index in [0.717, 1.165) is 11.3 Å². The average Bonchev–Trinajstić information content (AvgIpc) is 2.64. The highest BCUT2D eigenvalue weighted by Gasteiger charge is 2.08. The Labute approximate surface area is 144 Å². The molecule has 0 aliphatic carbocycles. The van der Waals surface area contributed by atoms with E-state index in [9.17, 15) is 4.39 Å². The molecule has 0 saturated heterocycles. The van der Waals surface area contributed by atoms with Crippen molar-refractivity contribution in [2.45, 2.75) is 6.54 Å². The van der Waals surface area contributed by atoms with Gasteiger partial charge in [0.15, 0.2) is 11.6 Å². The van der Waals surface area contributed by atoms with Crippen LogP contribution in [0.4, 0.5) is 27.4 Å². The first-order valence-electron chi connectivity index (χ1n) is 7.65. The van der Waals surface area contributed by atoms with Gasteiger partial charge in [-0.25, -0.2) is 14.4 Å². The van der Waals surface area contributed by atoms with Crippen molar-refractivity contribution in [2.75, 3.05) is 23.5 Å². The summed E-state index contributed by atoms with van der Waals surface area (Å²) in [6, 6.07) is 13.7. The number of hydrogen-bond acceptors (Lipinski definition) is 6. The first kappa shape index (κ1) is 16.5. The van der Waals surface area contributed by atoms with Gasteiger partial charge in [-0.05, 0) is 42.0 Å². The van der Waals surface area contributed by atoms with Crippen LogP contribution in [0.3, 0.4) is 0 Å². The van der Waals surface area contributed by atoms with Crippen LogP contribution < -0.4 is 21.1 Å². The zero-order chi connectivity index (χ0) is 17.6. The Kier molecular flexibility index (Phi) is 4.94. The van der Waals surface area contributed by atoms with Crippen LogP contribution in [0.2, 0.25) is 0 Å². The Morgan fingerprint density at radius 2 is 1.68 bits per heavy atom. The number of anilines is 4. The lowest BCUT2D eigenvalue weighted by Gasteiger charge is -2.12. The fourth-order valence-corrected chi connectivity index (χ4v) is 2.24. The molecule has 3 rings (SSSR count). The number of nitrogens with zero attached hydrogens (tertiary/aromatic N) is 2. The molecule has 1 heterocycles. The highest BCUT2D eigenvalue weighted by Crippen LogP contribution is 2.26. The normalized spacial score (nSPS) is 10.3. The minimum absolute atomic E-state index is 0.303. The predicted molar refractivity (Wildman–Crippen MR) is 96.4 cm³/mol. The Morgan fingerprint density at radius 3 is 2.36 bits per heavy atom. The minimum Gasteiger partial charge on any atom is -0.497 e. The summed E-state index contributed by atoms with van der Waals surface area (Å²) in [5.74, 6) is 1.48. The molecule has 0 bridgehead atoms. The van der Waals surface area contributed by atoms with Crippen molar-refractivity contribution < 1.29 is 9.13 Å². The van der Waals surface area contributed by atoms with Crippen LogP contribution in [-0.2, 0) is 6.54 Å². The van der Waals surface area contributed by atoms with Gasteiger partial charge in [0.25, 0.3) is 0 Å². The molecular weight excluding hydrogens is 321 g/mol. The number of rotatable bonds is 6. The van der Waals surface area contributed by atoms with Crippen LogP contribution in [-0.4, -0.2) is 17.1 Å². The Bertz CT molecular complexity index is 837. The third-order valence-corrected chi connectivity index (χ3v) is 3.61. The highest BCUT2D eigenvalue weighted by atomic mass is 19.1. The molecule has 2 aromatic carbocycles. The van der Waals surface area contributed by atoms with Gasteiger partial charge in [0.05, 0.1) is 7.11 Å². The zero-order valence-electron chi connectivity index (χ0n) is 13.7. The molecule has 1 aromatic heterocycles. The van der Waals surface area contributed by atoms with E-state index in [1.807, 2.05) is 24.3 Å². The zero-order valence-corrected chi connectivity index (χ0v) is 13.7. The maximum absolute atomic E-state index is 13.0. The smallest absolute Gasteiger partial charge is 0.159 e. The van der Waals surface area contributed by atoms with Crippen molar-refractivity contribution in [2.24, 2.45) is 0 Å². The number of nitrogens with one attached hydrogen (secondary N) is 2. The summed E-state index contributed by atoms with van der Waals surface area (Å²) in [5.41, 5.74) is 8.27. The molecule has 7 heteroatoms. The minimum atomic E-state index is -0.303. The first-order valence-corrected chi connectivity index (χ1v) is 7.65. The standard InChI is InChI=1S/C18H18FN5O/c1-25-15-8-2-12(3-9-15)10-21-17-16(20)18(23-11-22-17)24-14-6-4-13(19)5-7-14/h2-9,11H,10,20H2,1H3,(H2,21,22,23,24). The van der Waals surface area contributed by atoms with Crippen molar-refractivity contribution >= 4 is 23.0 Å². The largest absolute Gasteiger partial charge is 0.497 e. The third kappa shape index (κ3) is 4.14. The van der Waals surface area contributed by atoms with Gasteiger partial charge in [-0.2, -0.15) is 0 Å². The Hall–Kier alpha value is -3.35. The van der Waals surface area contributed by atoms with Crippen molar-refractivity contribution in [1.82, 2.24) is 9.97 Å². The Balaban J connectivity index is 1.70. The fourth-order valence-electron chi connectivity index (χ4n) is 2.24. The summed E-state index contributed by atoms with van der Waals surface area (Å²) in [6.07, 6.45) is 1.42. The van der Waals surface area contributed by atoms with E-state index in [4.69, 9.17) is 10.5 Å². The second-order valence-corrected chi connectivity index (χ2v) is 5.32. The third-order valence-electron chi connectivity index (χ3n) is 3.61. The lowest BCUT2D eigenvalue weighted by molar-refractivity contribution is 0.414. The summed E-state index contributed by atoms with van der Waals surface area (Å²) in [5, 5.41) is 6.24. The molecule has 0 radical (unpaired) electrons. The topological polar surface area (TPSA) is 85.1 Å². The number of hydrogen-bond donors (Lipinski definition) is 3. The number of nitrogen functional groups attached to an aromatic ring is 1. The monoisotopic (exact) mass is 339 g/mol. The van der Waals surface area contributed by atoms with E-state index in [0.29, 0.717) is 29.6 Å². The highest BCUT2D eigenvalue weighted by molar-refractivity contribution is 5.77. The molecule has 0 unspecified atom stereocenters. The van der Waals surface area contributed by atoms with Crippen LogP contribution in [0.1, 0.15) is 5.56 Å². The lowest BCUT2D eigenvalue weighted by Crippen LogP contribution is -2.08. The van der Waals surface area contributed by atoms with Crippen molar-refractivity contribution in [3.63, 3.8) is 0 Å². The van der Waals surface area contributed by atoms with E-state index in [-0.39, 0.29) is 5.82 Å². The van der Waals surface area contributed by atoms with Gasteiger partial charge >= 0.3 is 0 Å². The molecule has 128 valence electrons. The number of methoxy groups -OCH3 is 1. The van der Waals surface area contributed by atoms with Gasteiger partial charge < -0.3 is 21.1 Å². The van der Waals surface area contributed by atoms with Crippen LogP contribution in [0.15, 0.2) is 54.9 Å². The van der Waals surface area contributed by atoms with Gasteiger partial charge in [0, 0.05) is 12.2 Å². The van der Waals surface area contributed by atoms with Crippen molar-refractivity contribution in [1.29, 1.82) is 0 Å². The Morgan fingerprint density at radius 1 is 1.00 bits per heavy atom. The summed E-state index contributed by atoms with van der Waals surface area (Å²) in [7, 11) is 1.63. The second-order valence-electron chi connectivity index (χ2n) is 5.32. The summed E-state index contributed by atoms with van der Waals surface area (Å²) in [4.78, 5) is 8.31. The van der Waals surface area contributed by atoms with Crippen molar-refractivity contribution in [3.05, 3.63) is 66.2 Å². The molecule has 0 aliphatic heterocycles. The van der Waals surface area contributed by atoms with Crippen LogP contribution in [0.5, 0.6) is 5.75 Å². The summed E-state index contributed by atoms with van der Waals surface area (Å²) < 4.78 is 18.1. The van der Waals surface area contributed by atoms with E-state index in [1.165, 1.54) is 18.5 Å². The van der Waals surface area contributed by atoms with Gasteiger partial charge in [0.1, 0.15) is 23.6 Å². The van der Waals surface area contributed by atoms with E-state index in [2.05, 4.69) is 20.6 Å².